The summed E-state index contributed by atoms with van der Waals surface area (Å²) < 4.78 is 0. The zero-order chi connectivity index (χ0) is 16.7. The molecule has 2 fully saturated rings. The van der Waals surface area contributed by atoms with E-state index in [9.17, 15) is 10.1 Å². The highest BCUT2D eigenvalue weighted by Gasteiger charge is 2.40. The number of para-hydroxylation sites is 1. The predicted octanol–water partition coefficient (Wildman–Crippen LogP) is 2.87. The molecule has 2 aromatic rings. The average molecular weight is 324 g/mol. The number of aromatic nitrogens is 1. The van der Waals surface area contributed by atoms with Gasteiger partial charge in [0.15, 0.2) is 0 Å². The highest BCUT2D eigenvalue weighted by Crippen LogP contribution is 2.36. The minimum atomic E-state index is -0.372. The average Bonchev–Trinajstić information content (AvgIpc) is 3.14. The van der Waals surface area contributed by atoms with E-state index in [4.69, 9.17) is 0 Å². The van der Waals surface area contributed by atoms with Crippen LogP contribution in [-0.2, 0) is 0 Å². The van der Waals surface area contributed by atoms with Crippen molar-refractivity contribution in [1.82, 2.24) is 4.98 Å². The number of nitro groups is 1. The van der Waals surface area contributed by atoms with Gasteiger partial charge in [-0.3, -0.25) is 10.1 Å². The minimum absolute atomic E-state index is 0.0911. The second-order valence-electron chi connectivity index (χ2n) is 6.70. The molecule has 2 aliphatic rings. The topological polar surface area (TPSA) is 62.5 Å². The monoisotopic (exact) mass is 324 g/mol. The molecule has 0 bridgehead atoms. The number of nitrogens with zero attached hydrogens (tertiary/aromatic N) is 4. The van der Waals surface area contributed by atoms with Gasteiger partial charge >= 0.3 is 0 Å². The van der Waals surface area contributed by atoms with E-state index in [2.05, 4.69) is 39.0 Å². The van der Waals surface area contributed by atoms with E-state index in [0.29, 0.717) is 17.5 Å². The summed E-state index contributed by atoms with van der Waals surface area (Å²) in [5.74, 6) is 2.11. The second-order valence-corrected chi connectivity index (χ2v) is 6.70. The molecule has 0 radical (unpaired) electrons. The van der Waals surface area contributed by atoms with Crippen LogP contribution in [-0.4, -0.2) is 36.1 Å². The Labute approximate surface area is 140 Å². The summed E-state index contributed by atoms with van der Waals surface area (Å²) >= 11 is 0. The van der Waals surface area contributed by atoms with Crippen molar-refractivity contribution in [2.24, 2.45) is 11.8 Å². The molecule has 4 rings (SSSR count). The van der Waals surface area contributed by atoms with Gasteiger partial charge in [0, 0.05) is 49.8 Å². The minimum Gasteiger partial charge on any atom is -0.371 e. The molecule has 1 aromatic heterocycles. The van der Waals surface area contributed by atoms with Crippen molar-refractivity contribution in [2.45, 2.75) is 6.92 Å². The van der Waals surface area contributed by atoms with Crippen molar-refractivity contribution < 1.29 is 4.92 Å². The summed E-state index contributed by atoms with van der Waals surface area (Å²) in [6.07, 6.45) is 0. The van der Waals surface area contributed by atoms with Gasteiger partial charge in [-0.25, -0.2) is 4.98 Å². The maximum absolute atomic E-state index is 10.9. The molecular formula is C18H20N4O2. The number of rotatable bonds is 3. The summed E-state index contributed by atoms with van der Waals surface area (Å²) in [5, 5.41) is 10.9. The SMILES string of the molecule is Cc1nc(N2C[C@@H]3CN(c4ccccc4)C[C@H]3C2)ccc1[N+](=O)[O-]. The second kappa shape index (κ2) is 5.78. The smallest absolute Gasteiger partial charge is 0.290 e. The van der Waals surface area contributed by atoms with Crippen LogP contribution in [0.15, 0.2) is 42.5 Å². The molecule has 0 unspecified atom stereocenters. The molecule has 2 saturated heterocycles. The maximum Gasteiger partial charge on any atom is 0.290 e. The molecule has 0 saturated carbocycles. The molecule has 3 heterocycles. The molecule has 2 atom stereocenters. The van der Waals surface area contributed by atoms with Crippen molar-refractivity contribution >= 4 is 17.2 Å². The zero-order valence-corrected chi connectivity index (χ0v) is 13.6. The molecule has 0 aliphatic carbocycles. The number of pyridine rings is 1. The van der Waals surface area contributed by atoms with Crippen LogP contribution in [0.5, 0.6) is 0 Å². The summed E-state index contributed by atoms with van der Waals surface area (Å²) in [5.41, 5.74) is 1.87. The van der Waals surface area contributed by atoms with Gasteiger partial charge in [-0.05, 0) is 25.1 Å². The lowest BCUT2D eigenvalue weighted by atomic mass is 10.0. The quantitative estimate of drug-likeness (QED) is 0.642. The Kier molecular flexibility index (Phi) is 3.59. The van der Waals surface area contributed by atoms with E-state index in [0.717, 1.165) is 32.0 Å². The fraction of sp³-hybridized carbons (Fsp3) is 0.389. The van der Waals surface area contributed by atoms with Gasteiger partial charge < -0.3 is 9.80 Å². The molecule has 0 N–H and O–H groups in total. The normalized spacial score (nSPS) is 22.7. The molecule has 0 spiro atoms. The summed E-state index contributed by atoms with van der Waals surface area (Å²) in [7, 11) is 0. The molecular weight excluding hydrogens is 304 g/mol. The fourth-order valence-corrected chi connectivity index (χ4v) is 3.94. The predicted molar refractivity (Wildman–Crippen MR) is 93.5 cm³/mol. The van der Waals surface area contributed by atoms with Crippen molar-refractivity contribution in [3.05, 3.63) is 58.3 Å². The van der Waals surface area contributed by atoms with E-state index in [1.165, 1.54) is 5.69 Å². The number of benzene rings is 1. The number of hydrogen-bond acceptors (Lipinski definition) is 5. The standard InChI is InChI=1S/C18H20N4O2/c1-13-17(22(23)24)7-8-18(19-13)21-11-14-9-20(10-15(14)12-21)16-5-3-2-4-6-16/h2-8,14-15H,9-12H2,1H3/t14-,15-/m0/s1. The Morgan fingerprint density at radius 2 is 1.62 bits per heavy atom. The zero-order valence-electron chi connectivity index (χ0n) is 13.6. The van der Waals surface area contributed by atoms with Crippen LogP contribution in [0.4, 0.5) is 17.2 Å². The maximum atomic E-state index is 10.9. The fourth-order valence-electron chi connectivity index (χ4n) is 3.94. The Bertz CT molecular complexity index is 751. The van der Waals surface area contributed by atoms with E-state index in [-0.39, 0.29) is 10.6 Å². The van der Waals surface area contributed by atoms with Gasteiger partial charge in [-0.2, -0.15) is 0 Å². The third-order valence-electron chi connectivity index (χ3n) is 5.17. The molecule has 0 amide bonds. The molecule has 124 valence electrons. The molecule has 2 aliphatic heterocycles. The van der Waals surface area contributed by atoms with Crippen LogP contribution in [0.25, 0.3) is 0 Å². The van der Waals surface area contributed by atoms with E-state index in [1.807, 2.05) is 6.07 Å². The van der Waals surface area contributed by atoms with Crippen LogP contribution in [0.2, 0.25) is 0 Å². The van der Waals surface area contributed by atoms with Gasteiger partial charge in [0.1, 0.15) is 11.5 Å². The lowest BCUT2D eigenvalue weighted by Gasteiger charge is -2.24. The number of hydrogen-bond donors (Lipinski definition) is 0. The van der Waals surface area contributed by atoms with Crippen LogP contribution in [0.3, 0.4) is 0 Å². The van der Waals surface area contributed by atoms with E-state index in [1.54, 1.807) is 19.1 Å². The summed E-state index contributed by atoms with van der Waals surface area (Å²) in [6.45, 7) is 5.78. The van der Waals surface area contributed by atoms with Crippen LogP contribution in [0.1, 0.15) is 5.69 Å². The molecule has 1 aromatic carbocycles. The summed E-state index contributed by atoms with van der Waals surface area (Å²) in [4.78, 5) is 19.7. The van der Waals surface area contributed by atoms with Crippen molar-refractivity contribution in [1.29, 1.82) is 0 Å². The third-order valence-corrected chi connectivity index (χ3v) is 5.17. The highest BCUT2D eigenvalue weighted by atomic mass is 16.6. The molecule has 6 nitrogen and oxygen atoms in total. The Morgan fingerprint density at radius 3 is 2.21 bits per heavy atom. The first kappa shape index (κ1) is 14.9. The third kappa shape index (κ3) is 2.58. The summed E-state index contributed by atoms with van der Waals surface area (Å²) in [6, 6.07) is 13.9. The Balaban J connectivity index is 1.46. The number of aryl methyl sites for hydroxylation is 1. The van der Waals surface area contributed by atoms with Gasteiger partial charge in [0.25, 0.3) is 5.69 Å². The van der Waals surface area contributed by atoms with E-state index >= 15 is 0 Å². The number of fused-ring (bicyclic) bond motifs is 1. The van der Waals surface area contributed by atoms with Gasteiger partial charge in [-0.15, -0.1) is 0 Å². The highest BCUT2D eigenvalue weighted by molar-refractivity contribution is 5.51. The van der Waals surface area contributed by atoms with Crippen LogP contribution in [0, 0.1) is 28.9 Å². The lowest BCUT2D eigenvalue weighted by molar-refractivity contribution is -0.385. The largest absolute Gasteiger partial charge is 0.371 e. The van der Waals surface area contributed by atoms with Gasteiger partial charge in [0.2, 0.25) is 0 Å². The van der Waals surface area contributed by atoms with Crippen molar-refractivity contribution in [3.8, 4) is 0 Å². The number of anilines is 2. The van der Waals surface area contributed by atoms with Gasteiger partial charge in [0.05, 0.1) is 4.92 Å². The Hall–Kier alpha value is -2.63. The van der Waals surface area contributed by atoms with E-state index < -0.39 is 0 Å². The first-order valence-corrected chi connectivity index (χ1v) is 8.29. The van der Waals surface area contributed by atoms with Crippen LogP contribution >= 0.6 is 0 Å². The Morgan fingerprint density at radius 1 is 1.00 bits per heavy atom. The van der Waals surface area contributed by atoms with Crippen molar-refractivity contribution in [2.75, 3.05) is 36.0 Å². The van der Waals surface area contributed by atoms with Crippen molar-refractivity contribution in [3.63, 3.8) is 0 Å². The lowest BCUT2D eigenvalue weighted by Crippen LogP contribution is -2.29. The first-order valence-electron chi connectivity index (χ1n) is 8.29. The molecule has 24 heavy (non-hydrogen) atoms. The first-order chi connectivity index (χ1) is 11.6. The van der Waals surface area contributed by atoms with Gasteiger partial charge in [-0.1, -0.05) is 18.2 Å². The van der Waals surface area contributed by atoms with Crippen LogP contribution < -0.4 is 9.80 Å². The molecule has 6 heteroatoms.